The Balaban J connectivity index is 2.01. The Kier molecular flexibility index (Phi) is 7.38. The molecule has 0 bridgehead atoms. The number of carbonyl (C=O) groups excluding carboxylic acids is 1. The number of hydrogen-bond donors (Lipinski definition) is 0. The van der Waals surface area contributed by atoms with Gasteiger partial charge in [-0.25, -0.2) is 8.42 Å². The normalized spacial score (nSPS) is 11.4. The zero-order chi connectivity index (χ0) is 19.9. The number of ether oxygens (including phenoxy) is 1. The molecule has 6 nitrogen and oxygen atoms in total. The summed E-state index contributed by atoms with van der Waals surface area (Å²) in [5.74, 6) is 0.520. The molecule has 2 aromatic rings. The molecule has 0 fully saturated rings. The van der Waals surface area contributed by atoms with Gasteiger partial charge in [0.2, 0.25) is 15.9 Å². The second-order valence-corrected chi connectivity index (χ2v) is 8.38. The molecule has 1 amide bonds. The molecule has 146 valence electrons. The third kappa shape index (κ3) is 6.37. The van der Waals surface area contributed by atoms with Gasteiger partial charge in [0.15, 0.2) is 0 Å². The molecule has 2 rings (SSSR count). The van der Waals surface area contributed by atoms with Crippen molar-refractivity contribution in [3.63, 3.8) is 0 Å². The fourth-order valence-corrected chi connectivity index (χ4v) is 3.54. The van der Waals surface area contributed by atoms with E-state index in [0.29, 0.717) is 12.3 Å². The quantitative estimate of drug-likeness (QED) is 0.660. The van der Waals surface area contributed by atoms with Crippen LogP contribution in [0.15, 0.2) is 54.6 Å². The Morgan fingerprint density at radius 2 is 1.63 bits per heavy atom. The summed E-state index contributed by atoms with van der Waals surface area (Å²) < 4.78 is 30.9. The van der Waals surface area contributed by atoms with Crippen LogP contribution >= 0.6 is 0 Å². The molecule has 27 heavy (non-hydrogen) atoms. The number of para-hydroxylation sites is 1. The van der Waals surface area contributed by atoms with Crippen LogP contribution in [0.3, 0.4) is 0 Å². The van der Waals surface area contributed by atoms with Crippen LogP contribution in [0.1, 0.15) is 17.5 Å². The molecule has 7 heteroatoms. The highest BCUT2D eigenvalue weighted by molar-refractivity contribution is 7.88. The summed E-state index contributed by atoms with van der Waals surface area (Å²) in [5, 5.41) is 0. The first-order valence-electron chi connectivity index (χ1n) is 8.66. The van der Waals surface area contributed by atoms with Crippen molar-refractivity contribution in [2.24, 2.45) is 0 Å². The minimum atomic E-state index is -3.46. The highest BCUT2D eigenvalue weighted by Gasteiger charge is 2.21. The van der Waals surface area contributed by atoms with Gasteiger partial charge in [-0.15, -0.1) is 0 Å². The van der Waals surface area contributed by atoms with Gasteiger partial charge in [-0.3, -0.25) is 4.79 Å². The van der Waals surface area contributed by atoms with Crippen LogP contribution in [-0.2, 0) is 27.9 Å². The average Bonchev–Trinajstić information content (AvgIpc) is 2.65. The van der Waals surface area contributed by atoms with Crippen molar-refractivity contribution in [1.82, 2.24) is 9.21 Å². The molecule has 0 aliphatic rings. The Bertz CT molecular complexity index is 853. The zero-order valence-electron chi connectivity index (χ0n) is 16.0. The smallest absolute Gasteiger partial charge is 0.223 e. The molecule has 0 aliphatic carbocycles. The van der Waals surface area contributed by atoms with Crippen molar-refractivity contribution < 1.29 is 17.9 Å². The second kappa shape index (κ2) is 9.53. The Morgan fingerprint density at radius 1 is 1.00 bits per heavy atom. The minimum absolute atomic E-state index is 0.104. The highest BCUT2D eigenvalue weighted by Crippen LogP contribution is 2.20. The molecule has 0 spiro atoms. The molecule has 0 saturated heterocycles. The first-order valence-corrected chi connectivity index (χ1v) is 10.5. The van der Waals surface area contributed by atoms with Crippen molar-refractivity contribution in [1.29, 1.82) is 0 Å². The number of nitrogens with zero attached hydrogens (tertiary/aromatic N) is 2. The topological polar surface area (TPSA) is 66.9 Å². The highest BCUT2D eigenvalue weighted by atomic mass is 32.2. The van der Waals surface area contributed by atoms with Gasteiger partial charge in [-0.1, -0.05) is 48.5 Å². The molecule has 0 aromatic heterocycles. The lowest BCUT2D eigenvalue weighted by Crippen LogP contribution is -2.35. The van der Waals surface area contributed by atoms with Crippen LogP contribution in [0.2, 0.25) is 0 Å². The van der Waals surface area contributed by atoms with E-state index in [-0.39, 0.29) is 25.4 Å². The van der Waals surface area contributed by atoms with Gasteiger partial charge >= 0.3 is 0 Å². The maximum Gasteiger partial charge on any atom is 0.223 e. The monoisotopic (exact) mass is 390 g/mol. The predicted octanol–water partition coefficient (Wildman–Crippen LogP) is 2.51. The maximum atomic E-state index is 12.4. The van der Waals surface area contributed by atoms with Gasteiger partial charge < -0.3 is 9.64 Å². The number of rotatable bonds is 9. The fourth-order valence-electron chi connectivity index (χ4n) is 2.74. The van der Waals surface area contributed by atoms with E-state index < -0.39 is 10.0 Å². The SMILES string of the molecule is COc1ccccc1CN(CCC(=O)N(C)Cc1ccccc1)S(C)(=O)=O. The standard InChI is InChI=1S/C20H26N2O4S/c1-21(15-17-9-5-4-6-10-17)20(23)13-14-22(27(3,24)25)16-18-11-7-8-12-19(18)26-2/h4-12H,13-16H2,1-3H3. The van der Waals surface area contributed by atoms with Gasteiger partial charge in [0.05, 0.1) is 13.4 Å². The van der Waals surface area contributed by atoms with Crippen molar-refractivity contribution in [3.8, 4) is 5.75 Å². The Morgan fingerprint density at radius 3 is 2.26 bits per heavy atom. The molecular formula is C20H26N2O4S. The number of methoxy groups -OCH3 is 1. The van der Waals surface area contributed by atoms with Crippen LogP contribution in [0.5, 0.6) is 5.75 Å². The summed E-state index contributed by atoms with van der Waals surface area (Å²) in [4.78, 5) is 14.0. The number of carbonyl (C=O) groups is 1. The van der Waals surface area contributed by atoms with E-state index in [2.05, 4.69) is 0 Å². The Labute approximate surface area is 161 Å². The molecule has 0 aliphatic heterocycles. The van der Waals surface area contributed by atoms with E-state index >= 15 is 0 Å². The van der Waals surface area contributed by atoms with E-state index in [4.69, 9.17) is 4.74 Å². The summed E-state index contributed by atoms with van der Waals surface area (Å²) in [7, 11) is -0.191. The first-order chi connectivity index (χ1) is 12.8. The van der Waals surface area contributed by atoms with E-state index in [1.807, 2.05) is 48.5 Å². The Hall–Kier alpha value is -2.38. The molecule has 0 unspecified atom stereocenters. The van der Waals surface area contributed by atoms with Crippen molar-refractivity contribution in [2.75, 3.05) is 27.0 Å². The summed E-state index contributed by atoms with van der Waals surface area (Å²) in [6.45, 7) is 0.776. The first kappa shape index (κ1) is 20.9. The van der Waals surface area contributed by atoms with E-state index in [1.54, 1.807) is 25.1 Å². The summed E-state index contributed by atoms with van der Waals surface area (Å²) >= 11 is 0. The fraction of sp³-hybridized carbons (Fsp3) is 0.350. The van der Waals surface area contributed by atoms with Crippen molar-refractivity contribution in [3.05, 3.63) is 65.7 Å². The molecule has 2 aromatic carbocycles. The molecule has 0 atom stereocenters. The van der Waals surface area contributed by atoms with Crippen LogP contribution in [0.4, 0.5) is 0 Å². The molecule has 0 N–H and O–H groups in total. The van der Waals surface area contributed by atoms with E-state index in [0.717, 1.165) is 17.4 Å². The molecular weight excluding hydrogens is 364 g/mol. The lowest BCUT2D eigenvalue weighted by Gasteiger charge is -2.23. The minimum Gasteiger partial charge on any atom is -0.496 e. The van der Waals surface area contributed by atoms with Gasteiger partial charge in [0, 0.05) is 38.7 Å². The van der Waals surface area contributed by atoms with E-state index in [1.165, 1.54) is 4.31 Å². The largest absolute Gasteiger partial charge is 0.496 e. The van der Waals surface area contributed by atoms with Crippen LogP contribution in [0.25, 0.3) is 0 Å². The summed E-state index contributed by atoms with van der Waals surface area (Å²) in [5.41, 5.74) is 1.79. The number of amides is 1. The molecule has 0 heterocycles. The number of hydrogen-bond acceptors (Lipinski definition) is 4. The van der Waals surface area contributed by atoms with Crippen molar-refractivity contribution in [2.45, 2.75) is 19.5 Å². The summed E-state index contributed by atoms with van der Waals surface area (Å²) in [6, 6.07) is 16.9. The van der Waals surface area contributed by atoms with Gasteiger partial charge in [-0.2, -0.15) is 4.31 Å². The lowest BCUT2D eigenvalue weighted by molar-refractivity contribution is -0.130. The van der Waals surface area contributed by atoms with Crippen LogP contribution < -0.4 is 4.74 Å². The summed E-state index contributed by atoms with van der Waals surface area (Å²) in [6.07, 6.45) is 1.27. The molecule has 0 radical (unpaired) electrons. The number of sulfonamides is 1. The van der Waals surface area contributed by atoms with Gasteiger partial charge in [-0.05, 0) is 11.6 Å². The molecule has 0 saturated carbocycles. The predicted molar refractivity (Wildman–Crippen MR) is 106 cm³/mol. The van der Waals surface area contributed by atoms with Crippen LogP contribution in [-0.4, -0.2) is 50.5 Å². The zero-order valence-corrected chi connectivity index (χ0v) is 16.8. The third-order valence-corrected chi connectivity index (χ3v) is 5.52. The third-order valence-electron chi connectivity index (χ3n) is 4.27. The lowest BCUT2D eigenvalue weighted by atomic mass is 10.2. The average molecular weight is 391 g/mol. The van der Waals surface area contributed by atoms with Gasteiger partial charge in [0.25, 0.3) is 0 Å². The van der Waals surface area contributed by atoms with Crippen molar-refractivity contribution >= 4 is 15.9 Å². The maximum absolute atomic E-state index is 12.4. The van der Waals surface area contributed by atoms with E-state index in [9.17, 15) is 13.2 Å². The number of benzene rings is 2. The van der Waals surface area contributed by atoms with Crippen LogP contribution in [0, 0.1) is 0 Å². The second-order valence-electron chi connectivity index (χ2n) is 6.39. The van der Waals surface area contributed by atoms with Gasteiger partial charge in [0.1, 0.15) is 5.75 Å².